The molecule has 0 spiro atoms. The quantitative estimate of drug-likeness (QED) is 0.836. The monoisotopic (exact) mass is 334 g/mol. The van der Waals surface area contributed by atoms with Gasteiger partial charge in [-0.25, -0.2) is 0 Å². The summed E-state index contributed by atoms with van der Waals surface area (Å²) in [6.07, 6.45) is 2.73. The zero-order valence-electron chi connectivity index (χ0n) is 13.3. The van der Waals surface area contributed by atoms with Crippen LogP contribution in [0, 0.1) is 0 Å². The van der Waals surface area contributed by atoms with Crippen molar-refractivity contribution in [1.29, 1.82) is 0 Å². The highest BCUT2D eigenvalue weighted by molar-refractivity contribution is 7.09. The highest BCUT2D eigenvalue weighted by Gasteiger charge is 2.25. The van der Waals surface area contributed by atoms with Crippen LogP contribution in [0.3, 0.4) is 0 Å². The fourth-order valence-corrected chi connectivity index (χ4v) is 3.73. The van der Waals surface area contributed by atoms with E-state index < -0.39 is 0 Å². The predicted molar refractivity (Wildman–Crippen MR) is 89.2 cm³/mol. The van der Waals surface area contributed by atoms with Gasteiger partial charge in [-0.15, -0.1) is 11.3 Å². The van der Waals surface area contributed by atoms with Gasteiger partial charge in [-0.05, 0) is 23.9 Å². The summed E-state index contributed by atoms with van der Waals surface area (Å²) in [5, 5.41) is 9.47. The third-order valence-electron chi connectivity index (χ3n) is 3.99. The van der Waals surface area contributed by atoms with Gasteiger partial charge in [0.05, 0.1) is 11.7 Å². The Morgan fingerprint density at radius 1 is 1.52 bits per heavy atom. The first kappa shape index (κ1) is 16.2. The molecule has 3 heterocycles. The molecule has 0 saturated heterocycles. The predicted octanol–water partition coefficient (Wildman–Crippen LogP) is 1.65. The molecule has 3 rings (SSSR count). The van der Waals surface area contributed by atoms with Gasteiger partial charge in [-0.2, -0.15) is 5.10 Å². The van der Waals surface area contributed by atoms with Gasteiger partial charge in [0.25, 0.3) is 0 Å². The number of hydrogen-bond donors (Lipinski definition) is 1. The van der Waals surface area contributed by atoms with Crippen LogP contribution in [0.1, 0.15) is 23.0 Å². The molecule has 0 radical (unpaired) electrons. The molecule has 1 N–H and O–H groups in total. The van der Waals surface area contributed by atoms with Crippen molar-refractivity contribution in [2.45, 2.75) is 25.6 Å². The second kappa shape index (κ2) is 7.72. The molecule has 0 aromatic carbocycles. The number of methoxy groups -OCH3 is 1. The third kappa shape index (κ3) is 4.19. The lowest BCUT2D eigenvalue weighted by molar-refractivity contribution is -0.124. The van der Waals surface area contributed by atoms with Crippen molar-refractivity contribution in [3.05, 3.63) is 40.3 Å². The number of carbonyl (C=O) groups is 1. The highest BCUT2D eigenvalue weighted by Crippen LogP contribution is 2.24. The number of nitrogens with zero attached hydrogens (tertiary/aromatic N) is 3. The number of rotatable bonds is 7. The van der Waals surface area contributed by atoms with E-state index in [4.69, 9.17) is 4.74 Å². The van der Waals surface area contributed by atoms with Crippen molar-refractivity contribution in [1.82, 2.24) is 20.0 Å². The SMILES string of the molecule is COCC(=O)NCCC1CN(Cc2cccs2)Cc2ccnn21. The van der Waals surface area contributed by atoms with Gasteiger partial charge >= 0.3 is 0 Å². The molecular formula is C16H22N4O2S. The minimum atomic E-state index is -0.0700. The topological polar surface area (TPSA) is 59.4 Å². The molecule has 0 fully saturated rings. The van der Waals surface area contributed by atoms with Gasteiger partial charge in [0.15, 0.2) is 0 Å². The summed E-state index contributed by atoms with van der Waals surface area (Å²) in [5.74, 6) is -0.0700. The molecule has 0 bridgehead atoms. The van der Waals surface area contributed by atoms with E-state index >= 15 is 0 Å². The van der Waals surface area contributed by atoms with E-state index in [1.165, 1.54) is 17.7 Å². The molecule has 23 heavy (non-hydrogen) atoms. The van der Waals surface area contributed by atoms with Crippen LogP contribution in [-0.4, -0.2) is 47.4 Å². The van der Waals surface area contributed by atoms with Crippen LogP contribution >= 0.6 is 11.3 Å². The minimum absolute atomic E-state index is 0.0700. The number of thiophene rings is 1. The van der Waals surface area contributed by atoms with Gasteiger partial charge < -0.3 is 10.1 Å². The number of aromatic nitrogens is 2. The summed E-state index contributed by atoms with van der Waals surface area (Å²) in [5.41, 5.74) is 1.24. The lowest BCUT2D eigenvalue weighted by Crippen LogP contribution is -2.39. The van der Waals surface area contributed by atoms with Gasteiger partial charge in [-0.3, -0.25) is 14.4 Å². The maximum atomic E-state index is 11.5. The zero-order valence-corrected chi connectivity index (χ0v) is 14.1. The largest absolute Gasteiger partial charge is 0.375 e. The molecule has 7 heteroatoms. The standard InChI is InChI=1S/C16H22N4O2S/c1-22-12-16(21)17-6-4-13-9-19(11-15-3-2-8-23-15)10-14-5-7-18-20(13)14/h2-3,5,7-8,13H,4,6,9-12H2,1H3,(H,17,21). The van der Waals surface area contributed by atoms with Gasteiger partial charge in [0.1, 0.15) is 6.61 Å². The first-order valence-corrected chi connectivity index (χ1v) is 8.67. The van der Waals surface area contributed by atoms with Gasteiger partial charge in [0, 0.05) is 44.4 Å². The Labute approximate surface area is 140 Å². The van der Waals surface area contributed by atoms with Gasteiger partial charge in [-0.1, -0.05) is 6.07 Å². The molecule has 2 aromatic heterocycles. The van der Waals surface area contributed by atoms with Crippen molar-refractivity contribution < 1.29 is 9.53 Å². The van der Waals surface area contributed by atoms with Crippen LogP contribution in [0.15, 0.2) is 29.8 Å². The zero-order chi connectivity index (χ0) is 16.1. The second-order valence-corrected chi connectivity index (χ2v) is 6.77. The van der Waals surface area contributed by atoms with E-state index in [1.807, 2.05) is 6.20 Å². The molecule has 0 saturated carbocycles. The smallest absolute Gasteiger partial charge is 0.245 e. The number of nitrogens with one attached hydrogen (secondary N) is 1. The molecule has 1 aliphatic heterocycles. The average Bonchev–Trinajstić information content (AvgIpc) is 3.18. The third-order valence-corrected chi connectivity index (χ3v) is 4.85. The maximum Gasteiger partial charge on any atom is 0.245 e. The number of ether oxygens (including phenoxy) is 1. The maximum absolute atomic E-state index is 11.5. The molecule has 1 aliphatic rings. The molecule has 0 aliphatic carbocycles. The van der Waals surface area contributed by atoms with Crippen molar-refractivity contribution >= 4 is 17.2 Å². The molecule has 2 aromatic rings. The van der Waals surface area contributed by atoms with Crippen LogP contribution in [0.2, 0.25) is 0 Å². The van der Waals surface area contributed by atoms with E-state index in [0.717, 1.165) is 26.1 Å². The van der Waals surface area contributed by atoms with Crippen molar-refractivity contribution in [3.8, 4) is 0 Å². The second-order valence-electron chi connectivity index (χ2n) is 5.74. The van der Waals surface area contributed by atoms with Crippen LogP contribution in [-0.2, 0) is 22.6 Å². The fourth-order valence-electron chi connectivity index (χ4n) is 2.98. The summed E-state index contributed by atoms with van der Waals surface area (Å²) in [6.45, 7) is 3.59. The summed E-state index contributed by atoms with van der Waals surface area (Å²) in [6, 6.07) is 6.64. The Morgan fingerprint density at radius 3 is 3.22 bits per heavy atom. The van der Waals surface area contributed by atoms with Crippen LogP contribution in [0.5, 0.6) is 0 Å². The lowest BCUT2D eigenvalue weighted by Gasteiger charge is -2.33. The Morgan fingerprint density at radius 2 is 2.43 bits per heavy atom. The molecular weight excluding hydrogens is 312 g/mol. The molecule has 1 atom stereocenters. The molecule has 124 valence electrons. The fraction of sp³-hybridized carbons (Fsp3) is 0.500. The van der Waals surface area contributed by atoms with E-state index in [1.54, 1.807) is 11.3 Å². The summed E-state index contributed by atoms with van der Waals surface area (Å²) < 4.78 is 6.93. The van der Waals surface area contributed by atoms with E-state index in [-0.39, 0.29) is 18.6 Å². The summed E-state index contributed by atoms with van der Waals surface area (Å²) in [4.78, 5) is 15.3. The Bertz CT molecular complexity index is 626. The van der Waals surface area contributed by atoms with Crippen LogP contribution in [0.25, 0.3) is 0 Å². The lowest BCUT2D eigenvalue weighted by atomic mass is 10.1. The number of amides is 1. The number of carbonyl (C=O) groups excluding carboxylic acids is 1. The van der Waals surface area contributed by atoms with E-state index in [0.29, 0.717) is 6.54 Å². The number of fused-ring (bicyclic) bond motifs is 1. The highest BCUT2D eigenvalue weighted by atomic mass is 32.1. The Hall–Kier alpha value is -1.70. The van der Waals surface area contributed by atoms with E-state index in [9.17, 15) is 4.79 Å². The normalized spacial score (nSPS) is 17.9. The van der Waals surface area contributed by atoms with Crippen molar-refractivity contribution in [2.75, 3.05) is 26.8 Å². The number of hydrogen-bond acceptors (Lipinski definition) is 5. The van der Waals surface area contributed by atoms with Crippen molar-refractivity contribution in [3.63, 3.8) is 0 Å². The minimum Gasteiger partial charge on any atom is -0.375 e. The molecule has 1 amide bonds. The van der Waals surface area contributed by atoms with Gasteiger partial charge in [0.2, 0.25) is 5.91 Å². The Kier molecular flexibility index (Phi) is 5.43. The first-order chi connectivity index (χ1) is 11.3. The first-order valence-electron chi connectivity index (χ1n) is 7.79. The average molecular weight is 334 g/mol. The molecule has 1 unspecified atom stereocenters. The molecule has 6 nitrogen and oxygen atoms in total. The summed E-state index contributed by atoms with van der Waals surface area (Å²) >= 11 is 1.79. The van der Waals surface area contributed by atoms with Crippen LogP contribution < -0.4 is 5.32 Å². The van der Waals surface area contributed by atoms with E-state index in [2.05, 4.69) is 43.6 Å². The Balaban J connectivity index is 1.59. The van der Waals surface area contributed by atoms with Crippen molar-refractivity contribution in [2.24, 2.45) is 0 Å². The van der Waals surface area contributed by atoms with Crippen LogP contribution in [0.4, 0.5) is 0 Å². The summed E-state index contributed by atoms with van der Waals surface area (Å²) in [7, 11) is 1.53.